The number of rotatable bonds is 4. The van der Waals surface area contributed by atoms with Gasteiger partial charge in [0.1, 0.15) is 0 Å². The fourth-order valence-corrected chi connectivity index (χ4v) is 3.24. The fourth-order valence-electron chi connectivity index (χ4n) is 2.25. The van der Waals surface area contributed by atoms with E-state index < -0.39 is 0 Å². The van der Waals surface area contributed by atoms with Gasteiger partial charge in [0.15, 0.2) is 5.16 Å². The number of nitrogens with one attached hydrogen (secondary N) is 1. The summed E-state index contributed by atoms with van der Waals surface area (Å²) >= 11 is 1.65. The maximum absolute atomic E-state index is 11.6. The van der Waals surface area contributed by atoms with Crippen LogP contribution in [0, 0.1) is 5.92 Å². The van der Waals surface area contributed by atoms with Crippen molar-refractivity contribution in [3.05, 3.63) is 22.1 Å². The van der Waals surface area contributed by atoms with E-state index in [4.69, 9.17) is 4.74 Å². The van der Waals surface area contributed by atoms with Crippen LogP contribution in [0.25, 0.3) is 0 Å². The molecule has 1 N–H and O–H groups in total. The molecular formula is C13H18N2O2S. The molecule has 5 heteroatoms. The second kappa shape index (κ2) is 5.45. The summed E-state index contributed by atoms with van der Waals surface area (Å²) in [5.74, 6) is 2.11. The maximum Gasteiger partial charge on any atom is 0.251 e. The standard InChI is InChI=1S/C13H18N2O2S/c16-12-6-11(10-3-4-10)14-13(15-12)18-8-9-2-1-5-17-7-9/h6,9-10H,1-5,7-8H2,(H,14,15,16). The van der Waals surface area contributed by atoms with Crippen LogP contribution in [-0.2, 0) is 4.74 Å². The number of hydrogen-bond acceptors (Lipinski definition) is 4. The average Bonchev–Trinajstić information content (AvgIpc) is 3.21. The van der Waals surface area contributed by atoms with Crippen molar-refractivity contribution < 1.29 is 4.74 Å². The Labute approximate surface area is 111 Å². The molecule has 1 atom stereocenters. The number of aromatic amines is 1. The lowest BCUT2D eigenvalue weighted by Crippen LogP contribution is -2.19. The molecule has 1 aliphatic heterocycles. The molecule has 98 valence electrons. The van der Waals surface area contributed by atoms with Gasteiger partial charge in [0, 0.05) is 24.3 Å². The molecule has 2 aliphatic rings. The van der Waals surface area contributed by atoms with E-state index in [1.54, 1.807) is 17.8 Å². The van der Waals surface area contributed by atoms with Gasteiger partial charge in [-0.05, 0) is 31.6 Å². The molecule has 1 saturated carbocycles. The zero-order chi connectivity index (χ0) is 12.4. The predicted octanol–water partition coefficient (Wildman–Crippen LogP) is 2.17. The Bertz CT molecular complexity index is 464. The Balaban J connectivity index is 1.62. The second-order valence-corrected chi connectivity index (χ2v) is 6.15. The number of nitrogens with zero attached hydrogens (tertiary/aromatic N) is 1. The number of aromatic nitrogens is 2. The number of hydrogen-bond donors (Lipinski definition) is 1. The van der Waals surface area contributed by atoms with E-state index >= 15 is 0 Å². The van der Waals surface area contributed by atoms with Gasteiger partial charge in [0.25, 0.3) is 5.56 Å². The summed E-state index contributed by atoms with van der Waals surface area (Å²) in [4.78, 5) is 18.9. The van der Waals surface area contributed by atoms with Gasteiger partial charge in [-0.3, -0.25) is 4.79 Å². The van der Waals surface area contributed by atoms with Crippen molar-refractivity contribution >= 4 is 11.8 Å². The molecule has 1 unspecified atom stereocenters. The third-order valence-corrected chi connectivity index (χ3v) is 4.55. The van der Waals surface area contributed by atoms with Crippen LogP contribution < -0.4 is 5.56 Å². The highest BCUT2D eigenvalue weighted by molar-refractivity contribution is 7.99. The summed E-state index contributed by atoms with van der Waals surface area (Å²) in [5, 5.41) is 0.773. The molecule has 0 aromatic carbocycles. The van der Waals surface area contributed by atoms with E-state index in [1.807, 2.05) is 0 Å². The minimum Gasteiger partial charge on any atom is -0.381 e. The van der Waals surface area contributed by atoms with E-state index in [0.29, 0.717) is 11.8 Å². The largest absolute Gasteiger partial charge is 0.381 e. The fraction of sp³-hybridized carbons (Fsp3) is 0.692. The molecule has 4 nitrogen and oxygen atoms in total. The van der Waals surface area contributed by atoms with Crippen LogP contribution in [0.4, 0.5) is 0 Å². The summed E-state index contributed by atoms with van der Waals surface area (Å²) in [6.45, 7) is 1.74. The Hall–Kier alpha value is -0.810. The molecule has 0 bridgehead atoms. The topological polar surface area (TPSA) is 55.0 Å². The maximum atomic E-state index is 11.6. The third-order valence-electron chi connectivity index (χ3n) is 3.45. The Morgan fingerprint density at radius 3 is 3.06 bits per heavy atom. The zero-order valence-corrected chi connectivity index (χ0v) is 11.2. The smallest absolute Gasteiger partial charge is 0.251 e. The summed E-state index contributed by atoms with van der Waals surface area (Å²) in [5.41, 5.74) is 0.954. The Morgan fingerprint density at radius 2 is 2.33 bits per heavy atom. The number of H-pyrrole nitrogens is 1. The molecule has 0 radical (unpaired) electrons. The van der Waals surface area contributed by atoms with Crippen molar-refractivity contribution in [2.75, 3.05) is 19.0 Å². The van der Waals surface area contributed by atoms with Gasteiger partial charge in [0.05, 0.1) is 12.3 Å². The lowest BCUT2D eigenvalue weighted by atomic mass is 10.1. The molecule has 3 rings (SSSR count). The SMILES string of the molecule is O=c1cc(C2CC2)nc(SCC2CCCOC2)[nH]1. The first-order valence-corrected chi connectivity index (χ1v) is 7.61. The van der Waals surface area contributed by atoms with Crippen LogP contribution in [0.15, 0.2) is 16.0 Å². The van der Waals surface area contributed by atoms with Crippen molar-refractivity contribution in [3.8, 4) is 0 Å². The zero-order valence-electron chi connectivity index (χ0n) is 10.4. The van der Waals surface area contributed by atoms with Crippen LogP contribution in [0.2, 0.25) is 0 Å². The van der Waals surface area contributed by atoms with Crippen molar-refractivity contribution in [2.45, 2.75) is 36.8 Å². The molecule has 0 amide bonds. The molecule has 18 heavy (non-hydrogen) atoms. The quantitative estimate of drug-likeness (QED) is 0.670. The van der Waals surface area contributed by atoms with Gasteiger partial charge in [-0.15, -0.1) is 0 Å². The first-order chi connectivity index (χ1) is 8.81. The average molecular weight is 266 g/mol. The van der Waals surface area contributed by atoms with Crippen molar-refractivity contribution in [3.63, 3.8) is 0 Å². The lowest BCUT2D eigenvalue weighted by Gasteiger charge is -2.21. The van der Waals surface area contributed by atoms with E-state index in [-0.39, 0.29) is 5.56 Å². The Morgan fingerprint density at radius 1 is 1.44 bits per heavy atom. The summed E-state index contributed by atoms with van der Waals surface area (Å²) < 4.78 is 5.46. The highest BCUT2D eigenvalue weighted by Crippen LogP contribution is 2.38. The van der Waals surface area contributed by atoms with Gasteiger partial charge in [-0.25, -0.2) is 4.98 Å². The molecule has 1 aromatic heterocycles. The first-order valence-electron chi connectivity index (χ1n) is 6.63. The monoisotopic (exact) mass is 266 g/mol. The van der Waals surface area contributed by atoms with Gasteiger partial charge >= 0.3 is 0 Å². The highest BCUT2D eigenvalue weighted by Gasteiger charge is 2.26. The molecule has 1 aliphatic carbocycles. The van der Waals surface area contributed by atoms with E-state index in [2.05, 4.69) is 9.97 Å². The van der Waals surface area contributed by atoms with Gasteiger partial charge in [-0.2, -0.15) is 0 Å². The molecule has 2 fully saturated rings. The minimum atomic E-state index is -0.0192. The molecular weight excluding hydrogens is 248 g/mol. The van der Waals surface area contributed by atoms with E-state index in [9.17, 15) is 4.79 Å². The van der Waals surface area contributed by atoms with Crippen molar-refractivity contribution in [1.82, 2.24) is 9.97 Å². The predicted molar refractivity (Wildman–Crippen MR) is 71.1 cm³/mol. The number of ether oxygens (including phenoxy) is 1. The van der Waals surface area contributed by atoms with Crippen molar-refractivity contribution in [2.24, 2.45) is 5.92 Å². The molecule has 1 saturated heterocycles. The Kier molecular flexibility index (Phi) is 3.70. The van der Waals surface area contributed by atoms with Gasteiger partial charge in [0.2, 0.25) is 0 Å². The van der Waals surface area contributed by atoms with Crippen LogP contribution >= 0.6 is 11.8 Å². The van der Waals surface area contributed by atoms with Gasteiger partial charge in [-0.1, -0.05) is 11.8 Å². The summed E-state index contributed by atoms with van der Waals surface area (Å²) in [6.07, 6.45) is 4.73. The van der Waals surface area contributed by atoms with Gasteiger partial charge < -0.3 is 9.72 Å². The minimum absolute atomic E-state index is 0.0192. The lowest BCUT2D eigenvalue weighted by molar-refractivity contribution is 0.0632. The van der Waals surface area contributed by atoms with Crippen molar-refractivity contribution in [1.29, 1.82) is 0 Å². The number of thioether (sulfide) groups is 1. The first kappa shape index (κ1) is 12.2. The van der Waals surface area contributed by atoms with Crippen LogP contribution in [-0.4, -0.2) is 28.9 Å². The highest BCUT2D eigenvalue weighted by atomic mass is 32.2. The van der Waals surface area contributed by atoms with Crippen LogP contribution in [0.5, 0.6) is 0 Å². The van der Waals surface area contributed by atoms with E-state index in [0.717, 1.165) is 36.2 Å². The normalized spacial score (nSPS) is 24.1. The molecule has 1 aromatic rings. The third kappa shape index (κ3) is 3.14. The summed E-state index contributed by atoms with van der Waals surface area (Å²) in [6, 6.07) is 1.64. The molecule has 0 spiro atoms. The second-order valence-electron chi connectivity index (χ2n) is 5.14. The van der Waals surface area contributed by atoms with Crippen LogP contribution in [0.1, 0.15) is 37.3 Å². The van der Waals surface area contributed by atoms with Crippen LogP contribution in [0.3, 0.4) is 0 Å². The van der Waals surface area contributed by atoms with E-state index in [1.165, 1.54) is 19.3 Å². The molecule has 2 heterocycles. The summed E-state index contributed by atoms with van der Waals surface area (Å²) in [7, 11) is 0.